The Morgan fingerprint density at radius 2 is 1.12 bits per heavy atom. The first-order chi connectivity index (χ1) is 32.5. The molecule has 8 aromatic rings. The van der Waals surface area contributed by atoms with Crippen molar-refractivity contribution in [3.8, 4) is 0 Å². The van der Waals surface area contributed by atoms with Crippen LogP contribution in [0.25, 0.3) is 42.5 Å². The number of fused-ring (bicyclic) bond motifs is 8. The number of rotatable bonds is 6. The third kappa shape index (κ3) is 9.61. The number of nitrogens with one attached hydrogen (secondary N) is 1. The van der Waals surface area contributed by atoms with Gasteiger partial charge in [-0.25, -0.2) is 19.9 Å². The van der Waals surface area contributed by atoms with Gasteiger partial charge in [0.1, 0.15) is 21.7 Å². The molecule has 0 amide bonds. The number of pyridine rings is 2. The van der Waals surface area contributed by atoms with Crippen molar-refractivity contribution in [2.45, 2.75) is 65.7 Å². The third-order valence-corrected chi connectivity index (χ3v) is 16.2. The van der Waals surface area contributed by atoms with Gasteiger partial charge < -0.3 is 39.5 Å². The zero-order chi connectivity index (χ0) is 46.3. The number of nitrogens with two attached hydrogens (primary N) is 1. The fourth-order valence-electron chi connectivity index (χ4n) is 9.69. The van der Waals surface area contributed by atoms with E-state index in [2.05, 4.69) is 138 Å². The summed E-state index contributed by atoms with van der Waals surface area (Å²) in [5, 5.41) is 8.24. The maximum Gasteiger partial charge on any atom is 0.186 e. The quantitative estimate of drug-likeness (QED) is 0.122. The largest absolute Gasteiger partial charge is 0.399 e. The molecule has 12 rings (SSSR count). The predicted molar refractivity (Wildman–Crippen MR) is 281 cm³/mol. The number of nitrogen functional groups attached to an aromatic ring is 1. The number of thiazole rings is 2. The summed E-state index contributed by atoms with van der Waals surface area (Å²) in [4.78, 5) is 28.8. The number of nitrogens with zero attached hydrogens (tertiary/aromatic N) is 10. The summed E-state index contributed by atoms with van der Waals surface area (Å²) in [6.07, 6.45) is 2.20. The number of halogens is 1. The molecule has 0 radical (unpaired) electrons. The van der Waals surface area contributed by atoms with Gasteiger partial charge in [-0.05, 0) is 115 Å². The normalized spacial score (nSPS) is 17.0. The Balaban J connectivity index is 0.000000130. The molecule has 352 valence electrons. The number of hydrogen-bond acceptors (Lipinski definition) is 14. The Kier molecular flexibility index (Phi) is 13.4. The van der Waals surface area contributed by atoms with Crippen molar-refractivity contribution < 1.29 is 9.47 Å². The molecule has 0 aliphatic carbocycles. The van der Waals surface area contributed by atoms with E-state index in [-0.39, 0.29) is 0 Å². The molecule has 0 unspecified atom stereocenters. The van der Waals surface area contributed by atoms with Crippen LogP contribution in [-0.2, 0) is 49.5 Å². The lowest BCUT2D eigenvalue weighted by Crippen LogP contribution is -2.36. The van der Waals surface area contributed by atoms with Crippen molar-refractivity contribution in [2.75, 3.05) is 86.5 Å². The van der Waals surface area contributed by atoms with E-state index in [1.807, 2.05) is 24.3 Å². The van der Waals surface area contributed by atoms with Gasteiger partial charge in [0.05, 0.1) is 46.9 Å². The fourth-order valence-corrected chi connectivity index (χ4v) is 12.0. The van der Waals surface area contributed by atoms with Crippen LogP contribution >= 0.6 is 38.6 Å². The summed E-state index contributed by atoms with van der Waals surface area (Å²) in [5.41, 5.74) is 17.5. The van der Waals surface area contributed by atoms with Gasteiger partial charge in [-0.2, -0.15) is 0 Å². The van der Waals surface area contributed by atoms with Crippen LogP contribution in [0.15, 0.2) is 65.3 Å². The van der Waals surface area contributed by atoms with Crippen molar-refractivity contribution in [1.82, 2.24) is 38.9 Å². The van der Waals surface area contributed by atoms with Gasteiger partial charge >= 0.3 is 0 Å². The fraction of sp³-hybridized carbons (Fsp3) is 0.440. The number of anilines is 5. The summed E-state index contributed by atoms with van der Waals surface area (Å²) >= 11 is 6.92. The lowest BCUT2D eigenvalue weighted by molar-refractivity contribution is 0.122. The standard InChI is InChI=1S/C25H30N6OS.C14H18BrN3.C11H13N3OS/c1-16(2)31-9-8-21-19(15-31)18-5-7-23(28-24(18)29(21)3)26-17-4-6-22-20(14-17)27-25(33-22)30-10-12-32-13-11-30;1-9(2)18-7-6-12-11(8-18)10-4-5-13(15)16-14(10)17(12)3;12-8-1-2-10-9(7-8)13-11(16-10)14-3-5-15-6-4-14/h4-7,14,16H,8-13,15H2,1-3H3,(H,26,28);4-5,9H,6-8H2,1-3H3;1-2,7H,3-6,12H2. The Bertz CT molecular complexity index is 3040. The zero-order valence-electron chi connectivity index (χ0n) is 39.4. The maximum atomic E-state index is 5.74. The van der Waals surface area contributed by atoms with Crippen LogP contribution in [0, 0.1) is 0 Å². The topological polar surface area (TPSA) is 131 Å². The summed E-state index contributed by atoms with van der Waals surface area (Å²) < 4.78 is 18.7. The van der Waals surface area contributed by atoms with E-state index in [1.165, 1.54) is 42.7 Å². The van der Waals surface area contributed by atoms with Crippen molar-refractivity contribution >= 4 is 109 Å². The van der Waals surface area contributed by atoms with Gasteiger partial charge in [0.2, 0.25) is 0 Å². The molecule has 0 bridgehead atoms. The summed E-state index contributed by atoms with van der Waals surface area (Å²) in [5.74, 6) is 0.865. The summed E-state index contributed by atoms with van der Waals surface area (Å²) in [6, 6.07) is 22.0. The average Bonchev–Trinajstić information content (AvgIpc) is 4.11. The highest BCUT2D eigenvalue weighted by molar-refractivity contribution is 9.10. The van der Waals surface area contributed by atoms with Gasteiger partial charge in [-0.15, -0.1) is 0 Å². The van der Waals surface area contributed by atoms with Gasteiger partial charge in [0, 0.05) is 125 Å². The molecule has 17 heteroatoms. The SMILES string of the molecule is CC(C)N1CCc2c(c3ccc(Br)nc3n2C)C1.CC(C)N1CCc2c(c3ccc(Nc4ccc5sc(N6CCOCC6)nc5c4)nc3n2C)C1.Nc1ccc2sc(N3CCOCC3)nc2c1. The molecule has 67 heavy (non-hydrogen) atoms. The van der Waals surface area contributed by atoms with E-state index in [1.54, 1.807) is 22.7 Å². The van der Waals surface area contributed by atoms with E-state index in [0.29, 0.717) is 12.1 Å². The number of hydrogen-bond donors (Lipinski definition) is 2. The van der Waals surface area contributed by atoms with Crippen LogP contribution in [0.2, 0.25) is 0 Å². The second-order valence-electron chi connectivity index (χ2n) is 18.4. The summed E-state index contributed by atoms with van der Waals surface area (Å²) in [7, 11) is 4.28. The van der Waals surface area contributed by atoms with Crippen molar-refractivity contribution in [2.24, 2.45) is 14.1 Å². The van der Waals surface area contributed by atoms with Crippen LogP contribution in [0.1, 0.15) is 50.2 Å². The van der Waals surface area contributed by atoms with Crippen molar-refractivity contribution in [3.05, 3.63) is 87.8 Å². The maximum absolute atomic E-state index is 5.74. The van der Waals surface area contributed by atoms with Gasteiger partial charge in [0.25, 0.3) is 0 Å². The molecule has 3 N–H and O–H groups in total. The first-order valence-electron chi connectivity index (χ1n) is 23.5. The average molecular weight is 1010 g/mol. The van der Waals surface area contributed by atoms with E-state index >= 15 is 0 Å². The smallest absolute Gasteiger partial charge is 0.186 e. The molecule has 2 saturated heterocycles. The molecule has 4 aliphatic heterocycles. The summed E-state index contributed by atoms with van der Waals surface area (Å²) in [6.45, 7) is 20.2. The highest BCUT2D eigenvalue weighted by Gasteiger charge is 2.26. The molecule has 0 saturated carbocycles. The highest BCUT2D eigenvalue weighted by Crippen LogP contribution is 2.35. The Morgan fingerprint density at radius 1 is 0.612 bits per heavy atom. The number of benzene rings is 2. The number of morpholine rings is 2. The minimum atomic E-state index is 0.562. The zero-order valence-corrected chi connectivity index (χ0v) is 42.6. The Labute approximate surface area is 408 Å². The number of ether oxygens (including phenoxy) is 2. The van der Waals surface area contributed by atoms with Crippen LogP contribution < -0.4 is 20.9 Å². The predicted octanol–water partition coefficient (Wildman–Crippen LogP) is 9.35. The van der Waals surface area contributed by atoms with E-state index in [0.717, 1.165) is 146 Å². The lowest BCUT2D eigenvalue weighted by Gasteiger charge is -2.30. The van der Waals surface area contributed by atoms with E-state index in [9.17, 15) is 0 Å². The van der Waals surface area contributed by atoms with Crippen LogP contribution in [-0.4, -0.2) is 117 Å². The van der Waals surface area contributed by atoms with Crippen LogP contribution in [0.4, 0.5) is 27.5 Å². The molecule has 0 spiro atoms. The first kappa shape index (κ1) is 45.9. The Morgan fingerprint density at radius 3 is 1.67 bits per heavy atom. The first-order valence-corrected chi connectivity index (χ1v) is 26.0. The molecule has 2 fully saturated rings. The van der Waals surface area contributed by atoms with Gasteiger partial charge in [-0.3, -0.25) is 9.80 Å². The second kappa shape index (κ2) is 19.6. The molecule has 10 heterocycles. The van der Waals surface area contributed by atoms with Gasteiger partial charge in [-0.1, -0.05) is 22.7 Å². The van der Waals surface area contributed by atoms with Gasteiger partial charge in [0.15, 0.2) is 10.3 Å². The second-order valence-corrected chi connectivity index (χ2v) is 21.2. The molecule has 0 atom stereocenters. The van der Waals surface area contributed by atoms with E-state index in [4.69, 9.17) is 25.2 Å². The van der Waals surface area contributed by atoms with Crippen LogP contribution in [0.5, 0.6) is 0 Å². The highest BCUT2D eigenvalue weighted by atomic mass is 79.9. The molecule has 6 aromatic heterocycles. The number of aromatic nitrogens is 6. The molecule has 14 nitrogen and oxygen atoms in total. The molecular formula is C50H61BrN12O2S2. The Hall–Kier alpha value is -4.88. The van der Waals surface area contributed by atoms with Crippen molar-refractivity contribution in [1.29, 1.82) is 0 Å². The minimum absolute atomic E-state index is 0.562. The van der Waals surface area contributed by atoms with Crippen molar-refractivity contribution in [3.63, 3.8) is 0 Å². The molecule has 4 aliphatic rings. The molecular weight excluding hydrogens is 945 g/mol. The lowest BCUT2D eigenvalue weighted by atomic mass is 10.0. The molecule has 2 aromatic carbocycles. The van der Waals surface area contributed by atoms with Crippen LogP contribution in [0.3, 0.4) is 0 Å². The monoisotopic (exact) mass is 1000 g/mol. The third-order valence-electron chi connectivity index (χ3n) is 13.6. The minimum Gasteiger partial charge on any atom is -0.399 e. The number of aryl methyl sites for hydroxylation is 2. The van der Waals surface area contributed by atoms with E-state index < -0.39 is 0 Å².